The highest BCUT2D eigenvalue weighted by atomic mass is 16.6. The molecule has 25 nitrogen and oxygen atoms in total. The average Bonchev–Trinajstić information content (AvgIpc) is 3.88. The number of hydrogen-bond acceptors (Lipinski definition) is 15. The second-order valence-corrected chi connectivity index (χ2v) is 17.8. The number of likely N-dealkylation sites (N-methyl/N-ethyl adjacent to an activating group) is 1. The molecule has 11 N–H and O–H groups in total. The molecule has 11 amide bonds. The number of rotatable bonds is 11. The van der Waals surface area contributed by atoms with Crippen LogP contribution >= 0.6 is 0 Å². The minimum Gasteiger partial charge on any atom is -0.508 e. The number of alkyl carbamates (subject to hydrolysis) is 1. The van der Waals surface area contributed by atoms with Crippen LogP contribution in [0.2, 0.25) is 0 Å². The van der Waals surface area contributed by atoms with Gasteiger partial charge < -0.3 is 67.1 Å². The van der Waals surface area contributed by atoms with Crippen molar-refractivity contribution in [1.29, 1.82) is 0 Å². The van der Waals surface area contributed by atoms with Crippen LogP contribution in [0, 0.1) is 11.8 Å². The molecule has 70 heavy (non-hydrogen) atoms. The number of primary amides is 1. The predicted octanol–water partition coefficient (Wildman–Crippen LogP) is -3.18. The molecular weight excluding hydrogens is 921 g/mol. The Bertz CT molecular complexity index is 2220. The molecule has 0 aliphatic carbocycles. The number of para-hydroxylation sites is 1. The number of aliphatic hydroxyl groups excluding tert-OH is 1. The number of nitrogens with zero attached hydrogens (tertiary/aromatic N) is 2. The summed E-state index contributed by atoms with van der Waals surface area (Å²) in [5.41, 5.74) is 5.25. The second-order valence-electron chi connectivity index (χ2n) is 17.8. The van der Waals surface area contributed by atoms with E-state index in [0.717, 1.165) is 22.9 Å². The first kappa shape index (κ1) is 55.4. The number of carbonyl (C=O) groups is 11. The highest BCUT2D eigenvalue weighted by Gasteiger charge is 2.47. The number of allylic oxidation sites excluding steroid dienone is 1. The van der Waals surface area contributed by atoms with Gasteiger partial charge in [0.15, 0.2) is 12.1 Å². The van der Waals surface area contributed by atoms with E-state index < -0.39 is 145 Å². The van der Waals surface area contributed by atoms with Crippen LogP contribution < -0.4 is 43.0 Å². The van der Waals surface area contributed by atoms with Crippen LogP contribution in [0.25, 0.3) is 0 Å². The standard InChI is InChI=1S/C45H64N10O15/c1-8-21(3)14-15-26-35(59)41(64)47-25(9-2)43(66)54(6)20-32(58)51-34(36-42(65)53-45(68)70-36)40(63)52-33(23(5)69-7)44(67)55-19-22(4)16-29(55)39(62)50-27(17-24-12-10-11-13-30(24)56)37(60)49-28(18-31(46)57)38(61)48-26/h9-13,21-23,26-29,33-36,56,59H,8,14-20H2,1-7H3,(H2,46,57)(H,47,64)(H,48,61)(H,49,60)(H,50,62)(H,51,58)(H,52,63)(H,53,65,68)/b25-9-/t21-,22-,23+,26+,27-,28?,29-,33-,34?,35+,36-/m0/s1. The van der Waals surface area contributed by atoms with Crippen LogP contribution in [0.3, 0.4) is 0 Å². The van der Waals surface area contributed by atoms with E-state index in [1.807, 2.05) is 19.2 Å². The molecule has 384 valence electrons. The van der Waals surface area contributed by atoms with Crippen molar-refractivity contribution in [3.63, 3.8) is 0 Å². The fourth-order valence-electron chi connectivity index (χ4n) is 8.02. The number of ether oxygens (including phenoxy) is 2. The van der Waals surface area contributed by atoms with Gasteiger partial charge in [-0.15, -0.1) is 0 Å². The van der Waals surface area contributed by atoms with Crippen molar-refractivity contribution < 1.29 is 72.4 Å². The minimum atomic E-state index is -2.07. The molecule has 0 bridgehead atoms. The number of amides is 11. The molecule has 0 aromatic heterocycles. The van der Waals surface area contributed by atoms with Gasteiger partial charge in [0, 0.05) is 27.1 Å². The summed E-state index contributed by atoms with van der Waals surface area (Å²) in [5, 5.41) is 38.6. The molecule has 11 atom stereocenters. The van der Waals surface area contributed by atoms with Gasteiger partial charge in [-0.25, -0.2) is 4.79 Å². The van der Waals surface area contributed by atoms with Crippen LogP contribution in [0.5, 0.6) is 5.75 Å². The van der Waals surface area contributed by atoms with Crippen molar-refractivity contribution in [2.24, 2.45) is 17.6 Å². The van der Waals surface area contributed by atoms with Crippen molar-refractivity contribution in [3.05, 3.63) is 41.6 Å². The lowest BCUT2D eigenvalue weighted by Gasteiger charge is -2.33. The van der Waals surface area contributed by atoms with Crippen molar-refractivity contribution in [2.75, 3.05) is 27.2 Å². The number of fused-ring (bicyclic) bond motifs is 1. The van der Waals surface area contributed by atoms with E-state index in [4.69, 9.17) is 15.2 Å². The van der Waals surface area contributed by atoms with Gasteiger partial charge in [-0.3, -0.25) is 53.3 Å². The molecule has 0 spiro atoms. The number of benzene rings is 1. The number of phenols is 1. The van der Waals surface area contributed by atoms with Crippen LogP contribution in [0.15, 0.2) is 36.0 Å². The Hall–Kier alpha value is -7.15. The number of nitrogens with two attached hydrogens (primary N) is 1. The van der Waals surface area contributed by atoms with Gasteiger partial charge in [0.05, 0.1) is 25.1 Å². The van der Waals surface area contributed by atoms with Crippen LogP contribution in [0.1, 0.15) is 72.3 Å². The van der Waals surface area contributed by atoms with Crippen molar-refractivity contribution in [1.82, 2.24) is 47.0 Å². The monoisotopic (exact) mass is 984 g/mol. The van der Waals surface area contributed by atoms with E-state index in [2.05, 4.69) is 31.9 Å². The van der Waals surface area contributed by atoms with Crippen molar-refractivity contribution in [2.45, 2.75) is 128 Å². The Balaban J connectivity index is 1.85. The second kappa shape index (κ2) is 24.9. The van der Waals surface area contributed by atoms with E-state index in [9.17, 15) is 63.0 Å². The van der Waals surface area contributed by atoms with Crippen molar-refractivity contribution >= 4 is 65.2 Å². The Kier molecular flexibility index (Phi) is 19.7. The molecular formula is C45H64N10O15. The molecule has 3 saturated heterocycles. The fourth-order valence-corrected chi connectivity index (χ4v) is 8.02. The number of nitrogens with one attached hydrogen (secondary N) is 7. The van der Waals surface area contributed by atoms with Crippen LogP contribution in [0.4, 0.5) is 4.79 Å². The average molecular weight is 985 g/mol. The van der Waals surface area contributed by atoms with Gasteiger partial charge in [0.25, 0.3) is 17.7 Å². The molecule has 1 aromatic carbocycles. The van der Waals surface area contributed by atoms with E-state index >= 15 is 0 Å². The molecule has 2 unspecified atom stereocenters. The summed E-state index contributed by atoms with van der Waals surface area (Å²) >= 11 is 0. The SMILES string of the molecule is C/C=C1\NC(=O)[C@H](O)[C@@H](CC[C@@H](C)CC)NC(=O)C(CC(N)=O)NC(=O)[C@H](Cc2ccccc2O)NC(=O)[C@@H]2C[C@H](C)CN2C(=O)[C@H]([C@@H](C)OC)NC(=O)C([C@@H]2OC(=O)NC2=O)NC(=O)CN(C)C1=O. The van der Waals surface area contributed by atoms with Gasteiger partial charge in [-0.2, -0.15) is 0 Å². The first-order chi connectivity index (χ1) is 33.0. The highest BCUT2D eigenvalue weighted by molar-refractivity contribution is 6.06. The maximum Gasteiger partial charge on any atom is 0.414 e. The number of carbonyl (C=O) groups excluding carboxylic acids is 11. The summed E-state index contributed by atoms with van der Waals surface area (Å²) in [5.74, 6) is -11.2. The molecule has 3 aliphatic heterocycles. The lowest BCUT2D eigenvalue weighted by molar-refractivity contribution is -0.146. The third kappa shape index (κ3) is 14.4. The summed E-state index contributed by atoms with van der Waals surface area (Å²) in [7, 11) is 2.36. The predicted molar refractivity (Wildman–Crippen MR) is 244 cm³/mol. The first-order valence-corrected chi connectivity index (χ1v) is 22.8. The van der Waals surface area contributed by atoms with Gasteiger partial charge in [0.1, 0.15) is 35.6 Å². The lowest BCUT2D eigenvalue weighted by atomic mass is 9.95. The minimum absolute atomic E-state index is 0.0239. The van der Waals surface area contributed by atoms with Gasteiger partial charge in [0.2, 0.25) is 47.5 Å². The number of phenolic OH excluding ortho intramolecular Hbond substituents is 1. The maximum atomic E-state index is 14.6. The number of methoxy groups -OCH3 is 1. The Morgan fingerprint density at radius 2 is 1.56 bits per heavy atom. The van der Waals surface area contributed by atoms with Crippen LogP contribution in [-0.4, -0.2) is 167 Å². The number of aromatic hydroxyl groups is 1. The zero-order chi connectivity index (χ0) is 52.1. The molecule has 4 rings (SSSR count). The Labute approximate surface area is 403 Å². The molecule has 3 aliphatic rings. The van der Waals surface area contributed by atoms with Gasteiger partial charge in [-0.05, 0) is 56.6 Å². The van der Waals surface area contributed by atoms with E-state index in [0.29, 0.717) is 12.8 Å². The summed E-state index contributed by atoms with van der Waals surface area (Å²) in [6.07, 6.45) is -5.46. The quantitative estimate of drug-likeness (QED) is 0.0978. The van der Waals surface area contributed by atoms with Gasteiger partial charge >= 0.3 is 6.09 Å². The number of aliphatic hydroxyl groups is 1. The van der Waals surface area contributed by atoms with Crippen LogP contribution in [-0.2, 0) is 63.8 Å². The van der Waals surface area contributed by atoms with Gasteiger partial charge in [-0.1, -0.05) is 51.5 Å². The summed E-state index contributed by atoms with van der Waals surface area (Å²) in [6.45, 7) is 7.37. The molecule has 1 aromatic rings. The molecule has 25 heteroatoms. The van der Waals surface area contributed by atoms with E-state index in [-0.39, 0.29) is 42.5 Å². The summed E-state index contributed by atoms with van der Waals surface area (Å²) in [6, 6.07) is -3.91. The number of cyclic esters (lactones) is 1. The number of hydrogen-bond donors (Lipinski definition) is 10. The van der Waals surface area contributed by atoms with Crippen molar-refractivity contribution in [3.8, 4) is 5.75 Å². The smallest absolute Gasteiger partial charge is 0.414 e. The third-order valence-corrected chi connectivity index (χ3v) is 12.4. The molecule has 3 fully saturated rings. The lowest BCUT2D eigenvalue weighted by Crippen LogP contribution is -2.63. The highest BCUT2D eigenvalue weighted by Crippen LogP contribution is 2.26. The molecule has 0 saturated carbocycles. The topological polar surface area (TPSA) is 363 Å². The third-order valence-electron chi connectivity index (χ3n) is 12.4. The maximum absolute atomic E-state index is 14.6. The fraction of sp³-hybridized carbons (Fsp3) is 0.578. The summed E-state index contributed by atoms with van der Waals surface area (Å²) in [4.78, 5) is 152. The van der Waals surface area contributed by atoms with E-state index in [1.165, 1.54) is 39.2 Å². The zero-order valence-corrected chi connectivity index (χ0v) is 40.1. The first-order valence-electron chi connectivity index (χ1n) is 22.8. The largest absolute Gasteiger partial charge is 0.508 e. The van der Waals surface area contributed by atoms with E-state index in [1.54, 1.807) is 13.0 Å². The molecule has 0 radical (unpaired) electrons. The Morgan fingerprint density at radius 3 is 2.16 bits per heavy atom. The zero-order valence-electron chi connectivity index (χ0n) is 40.1. The number of imide groups is 1. The Morgan fingerprint density at radius 1 is 0.900 bits per heavy atom. The summed E-state index contributed by atoms with van der Waals surface area (Å²) < 4.78 is 10.5. The normalized spacial score (nSPS) is 28.7. The molecule has 3 heterocycles.